The number of hydrogen-bond acceptors (Lipinski definition) is 12. The Morgan fingerprint density at radius 2 is 2.08 bits per heavy atom. The predicted molar refractivity (Wildman–Crippen MR) is 137 cm³/mol. The average Bonchev–Trinajstić information content (AvgIpc) is 3.27. The average molecular weight is 585 g/mol. The summed E-state index contributed by atoms with van der Waals surface area (Å²) in [7, 11) is 0. The number of nitrogen functional groups attached to an aromatic ring is 1. The molecule has 0 aromatic carbocycles. The Bertz CT molecular complexity index is 1440. The first-order chi connectivity index (χ1) is 17.9. The van der Waals surface area contributed by atoms with Crippen molar-refractivity contribution in [1.29, 1.82) is 0 Å². The van der Waals surface area contributed by atoms with E-state index in [-0.39, 0.29) is 44.6 Å². The van der Waals surface area contributed by atoms with Crippen molar-refractivity contribution >= 4 is 63.3 Å². The number of thioether (sulfide) groups is 1. The molecule has 0 bridgehead atoms. The van der Waals surface area contributed by atoms with Gasteiger partial charge in [-0.1, -0.05) is 30.6 Å². The van der Waals surface area contributed by atoms with Crippen molar-refractivity contribution in [3.63, 3.8) is 0 Å². The van der Waals surface area contributed by atoms with Crippen LogP contribution in [0.1, 0.15) is 31.3 Å². The van der Waals surface area contributed by atoms with Crippen LogP contribution in [0.3, 0.4) is 0 Å². The summed E-state index contributed by atoms with van der Waals surface area (Å²) in [6.45, 7) is 3.41. The third-order valence-corrected chi connectivity index (χ3v) is 8.01. The smallest absolute Gasteiger partial charge is 0.353 e. The molecule has 6 N–H and O–H groups in total. The summed E-state index contributed by atoms with van der Waals surface area (Å²) in [5.74, 6) is -3.80. The number of carbonyl (C=O) groups is 3. The van der Waals surface area contributed by atoms with Gasteiger partial charge >= 0.3 is 5.97 Å². The molecule has 1 saturated heterocycles. The highest BCUT2D eigenvalue weighted by Gasteiger charge is 2.54. The number of aromatic hydroxyl groups is 1. The van der Waals surface area contributed by atoms with E-state index < -0.39 is 46.5 Å². The van der Waals surface area contributed by atoms with Crippen LogP contribution in [0.15, 0.2) is 38.3 Å². The van der Waals surface area contributed by atoms with E-state index in [0.29, 0.717) is 4.73 Å². The monoisotopic (exact) mass is 584 g/mol. The molecule has 202 valence electrons. The van der Waals surface area contributed by atoms with Crippen LogP contribution in [-0.2, 0) is 19.2 Å². The Kier molecular flexibility index (Phi) is 7.57. The molecule has 2 aromatic heterocycles. The standard InChI is InChI=1S/C21H21ClN6O8S2/c1-7(2)16(10-3-11(29)12(30)4-27(10)35)36-26-13(9-6-38-21(23)24-9)17(31)25-14-18(32)28-15(20(33)34)8(22)5-37-19(14)28/h3-4,6-7,14,16,19,30,35H,5H2,1-2H3,(H2,23,24)(H,25,31)(H,33,34)/b26-13-/t14-,16?,19-/m1/s1. The molecule has 0 aliphatic carbocycles. The zero-order valence-corrected chi connectivity index (χ0v) is 22.1. The van der Waals surface area contributed by atoms with Crippen molar-refractivity contribution in [2.45, 2.75) is 31.4 Å². The number of hydrogen-bond donors (Lipinski definition) is 5. The fraction of sp³-hybridized carbons (Fsp3) is 0.333. The number of anilines is 1. The second-order valence-corrected chi connectivity index (χ2v) is 10.9. The van der Waals surface area contributed by atoms with Crippen molar-refractivity contribution in [2.75, 3.05) is 11.5 Å². The van der Waals surface area contributed by atoms with Crippen LogP contribution in [0, 0.1) is 5.92 Å². The molecule has 1 unspecified atom stereocenters. The Labute approximate surface area is 227 Å². The molecule has 0 saturated carbocycles. The normalized spacial score (nSPS) is 20.2. The number of pyridine rings is 1. The van der Waals surface area contributed by atoms with Gasteiger partial charge in [0.2, 0.25) is 5.43 Å². The minimum absolute atomic E-state index is 0.0155. The van der Waals surface area contributed by atoms with Crippen LogP contribution >= 0.6 is 34.7 Å². The van der Waals surface area contributed by atoms with Crippen molar-refractivity contribution < 1.29 is 34.6 Å². The highest BCUT2D eigenvalue weighted by molar-refractivity contribution is 8.00. The molecule has 2 aliphatic rings. The first-order valence-corrected chi connectivity index (χ1v) is 13.2. The van der Waals surface area contributed by atoms with Gasteiger partial charge in [0.15, 0.2) is 22.7 Å². The van der Waals surface area contributed by atoms with E-state index in [1.165, 1.54) is 17.1 Å². The van der Waals surface area contributed by atoms with Gasteiger partial charge in [-0.15, -0.1) is 23.1 Å². The number of halogens is 1. The Hall–Kier alpha value is -3.76. The number of carboxylic acids is 1. The van der Waals surface area contributed by atoms with Crippen LogP contribution in [0.4, 0.5) is 5.13 Å². The van der Waals surface area contributed by atoms with Gasteiger partial charge in [0.25, 0.3) is 11.8 Å². The van der Waals surface area contributed by atoms with Crippen molar-refractivity contribution in [1.82, 2.24) is 19.9 Å². The zero-order valence-electron chi connectivity index (χ0n) is 19.7. The van der Waals surface area contributed by atoms with E-state index in [9.17, 15) is 34.6 Å². The van der Waals surface area contributed by atoms with Gasteiger partial charge in [-0.3, -0.25) is 19.3 Å². The number of nitrogens with one attached hydrogen (secondary N) is 1. The van der Waals surface area contributed by atoms with Gasteiger partial charge in [-0.2, -0.15) is 4.73 Å². The molecular weight excluding hydrogens is 564 g/mol. The molecule has 2 aromatic rings. The Morgan fingerprint density at radius 1 is 1.37 bits per heavy atom. The molecule has 2 aliphatic heterocycles. The lowest BCUT2D eigenvalue weighted by Crippen LogP contribution is -2.71. The molecule has 1 fully saturated rings. The van der Waals surface area contributed by atoms with E-state index in [1.807, 2.05) is 0 Å². The van der Waals surface area contributed by atoms with E-state index in [1.54, 1.807) is 13.8 Å². The van der Waals surface area contributed by atoms with Crippen molar-refractivity contribution in [2.24, 2.45) is 11.1 Å². The number of aromatic nitrogens is 2. The number of β-lactam (4-membered cyclic amide) rings is 1. The van der Waals surface area contributed by atoms with Gasteiger partial charge in [-0.05, 0) is 5.92 Å². The van der Waals surface area contributed by atoms with Crippen LogP contribution in [0.25, 0.3) is 0 Å². The summed E-state index contributed by atoms with van der Waals surface area (Å²) in [5, 5.41) is 36.5. The quantitative estimate of drug-likeness (QED) is 0.127. The number of nitrogens with two attached hydrogens (primary N) is 1. The number of nitrogens with zero attached hydrogens (tertiary/aromatic N) is 4. The van der Waals surface area contributed by atoms with Gasteiger partial charge < -0.3 is 31.3 Å². The highest BCUT2D eigenvalue weighted by Crippen LogP contribution is 2.41. The summed E-state index contributed by atoms with van der Waals surface area (Å²) in [4.78, 5) is 60.2. The van der Waals surface area contributed by atoms with Crippen molar-refractivity contribution in [3.05, 3.63) is 50.0 Å². The maximum atomic E-state index is 13.3. The summed E-state index contributed by atoms with van der Waals surface area (Å²) in [5.41, 5.74) is 4.26. The van der Waals surface area contributed by atoms with E-state index in [4.69, 9.17) is 22.2 Å². The minimum atomic E-state index is -1.36. The molecule has 3 atom stereocenters. The van der Waals surface area contributed by atoms with Crippen LogP contribution < -0.4 is 16.5 Å². The fourth-order valence-electron chi connectivity index (χ4n) is 3.76. The number of carbonyl (C=O) groups excluding carboxylic acids is 2. The molecule has 38 heavy (non-hydrogen) atoms. The molecular formula is C21H21ClN6O8S2. The molecule has 2 amide bonds. The number of aliphatic carboxylic acids is 1. The van der Waals surface area contributed by atoms with Gasteiger partial charge in [-0.25, -0.2) is 9.78 Å². The Morgan fingerprint density at radius 3 is 2.68 bits per heavy atom. The number of oxime groups is 1. The second kappa shape index (κ2) is 10.5. The highest BCUT2D eigenvalue weighted by atomic mass is 35.5. The lowest BCUT2D eigenvalue weighted by atomic mass is 10.0. The number of amides is 2. The molecule has 17 heteroatoms. The fourth-order valence-corrected chi connectivity index (χ4v) is 5.86. The molecule has 4 heterocycles. The minimum Gasteiger partial charge on any atom is -0.503 e. The summed E-state index contributed by atoms with van der Waals surface area (Å²) >= 11 is 8.20. The molecule has 0 radical (unpaired) electrons. The summed E-state index contributed by atoms with van der Waals surface area (Å²) in [6.07, 6.45) is -0.247. The Balaban J connectivity index is 1.61. The maximum Gasteiger partial charge on any atom is 0.353 e. The summed E-state index contributed by atoms with van der Waals surface area (Å²) in [6, 6.07) is -0.107. The van der Waals surface area contributed by atoms with Gasteiger partial charge in [0, 0.05) is 17.2 Å². The SMILES string of the molecule is CC(C)C(O/N=C(\C(=O)N[C@@H]1C(=O)N2C(C(=O)O)=C(Cl)CS[C@H]12)c1csc(N)n1)c1cc(=O)c(O)cn1O. The van der Waals surface area contributed by atoms with Crippen LogP contribution in [-0.4, -0.2) is 70.7 Å². The second-order valence-electron chi connectivity index (χ2n) is 8.49. The van der Waals surface area contributed by atoms with E-state index >= 15 is 0 Å². The van der Waals surface area contributed by atoms with E-state index in [0.717, 1.165) is 28.5 Å². The van der Waals surface area contributed by atoms with Gasteiger partial charge in [0.05, 0.1) is 11.2 Å². The first-order valence-electron chi connectivity index (χ1n) is 10.9. The third kappa shape index (κ3) is 5.01. The zero-order chi connectivity index (χ0) is 27.9. The topological polar surface area (TPSA) is 210 Å². The van der Waals surface area contributed by atoms with Crippen molar-refractivity contribution in [3.8, 4) is 5.75 Å². The molecule has 14 nitrogen and oxygen atoms in total. The van der Waals surface area contributed by atoms with Crippen LogP contribution in [0.5, 0.6) is 5.75 Å². The lowest BCUT2D eigenvalue weighted by Gasteiger charge is -2.48. The molecule has 0 spiro atoms. The number of rotatable bonds is 8. The maximum absolute atomic E-state index is 13.3. The van der Waals surface area contributed by atoms with Gasteiger partial charge in [0.1, 0.15) is 28.5 Å². The van der Waals surface area contributed by atoms with E-state index in [2.05, 4.69) is 15.5 Å². The number of carboxylic acid groups (broad SMARTS) is 1. The third-order valence-electron chi connectivity index (χ3n) is 5.59. The van der Waals surface area contributed by atoms with Crippen LogP contribution in [0.2, 0.25) is 0 Å². The first kappa shape index (κ1) is 27.3. The molecule has 4 rings (SSSR count). The summed E-state index contributed by atoms with van der Waals surface area (Å²) < 4.78 is 0.512. The largest absolute Gasteiger partial charge is 0.503 e. The lowest BCUT2D eigenvalue weighted by molar-refractivity contribution is -0.150. The number of fused-ring (bicyclic) bond motifs is 1. The predicted octanol–water partition coefficient (Wildman–Crippen LogP) is 0.883. The number of thiazole rings is 1.